The first-order chi connectivity index (χ1) is 7.72. The Balaban J connectivity index is 0. The van der Waals surface area contributed by atoms with Gasteiger partial charge in [-0.25, -0.2) is 0 Å². The zero-order chi connectivity index (χ0) is 12.6. The lowest BCUT2D eigenvalue weighted by Gasteiger charge is -1.98. The molecule has 0 rings (SSSR count). The van der Waals surface area contributed by atoms with Gasteiger partial charge >= 0.3 is 0 Å². The van der Waals surface area contributed by atoms with E-state index in [1.807, 2.05) is 18.7 Å². The summed E-state index contributed by atoms with van der Waals surface area (Å²) in [5.74, 6) is 4.37. The first kappa shape index (κ1) is 18.9. The van der Waals surface area contributed by atoms with Crippen molar-refractivity contribution in [3.8, 4) is 0 Å². The number of carbonyl (C=O) groups is 1. The van der Waals surface area contributed by atoms with Crippen LogP contribution >= 0.6 is 33.3 Å². The number of hydrogen-bond acceptors (Lipinski definition) is 4. The lowest BCUT2D eigenvalue weighted by atomic mass is 10.6. The number of hydrogen-bond donors (Lipinski definition) is 1. The van der Waals surface area contributed by atoms with Gasteiger partial charge in [0.05, 0.1) is 5.75 Å². The number of thioether (sulfide) groups is 1. The van der Waals surface area contributed by atoms with E-state index < -0.39 is 0 Å². The van der Waals surface area contributed by atoms with Gasteiger partial charge in [-0.2, -0.15) is 11.8 Å². The van der Waals surface area contributed by atoms with E-state index in [2.05, 4.69) is 26.1 Å². The SMILES string of the molecule is CCCSCC.CCNC(=O)CSSCC. The van der Waals surface area contributed by atoms with Crippen LogP contribution in [0.15, 0.2) is 0 Å². The number of rotatable bonds is 8. The molecule has 0 aliphatic heterocycles. The molecule has 0 heterocycles. The Hall–Kier alpha value is 0.520. The van der Waals surface area contributed by atoms with Crippen molar-refractivity contribution in [3.05, 3.63) is 0 Å². The van der Waals surface area contributed by atoms with Crippen molar-refractivity contribution in [1.82, 2.24) is 5.32 Å². The fraction of sp³-hybridized carbons (Fsp3) is 0.909. The van der Waals surface area contributed by atoms with E-state index in [4.69, 9.17) is 0 Å². The predicted octanol–water partition coefficient (Wildman–Crippen LogP) is 3.67. The number of amides is 1. The van der Waals surface area contributed by atoms with E-state index in [9.17, 15) is 4.79 Å². The second-order valence-electron chi connectivity index (χ2n) is 2.82. The molecule has 0 spiro atoms. The van der Waals surface area contributed by atoms with Crippen LogP contribution in [0.2, 0.25) is 0 Å². The van der Waals surface area contributed by atoms with Crippen molar-refractivity contribution in [2.45, 2.75) is 34.1 Å². The number of nitrogens with one attached hydrogen (secondary N) is 1. The molecule has 0 aromatic heterocycles. The van der Waals surface area contributed by atoms with Crippen LogP contribution in [0.3, 0.4) is 0 Å². The molecule has 0 saturated heterocycles. The van der Waals surface area contributed by atoms with Crippen molar-refractivity contribution in [2.75, 3.05) is 29.6 Å². The molecule has 16 heavy (non-hydrogen) atoms. The summed E-state index contributed by atoms with van der Waals surface area (Å²) >= 11 is 2.01. The highest BCUT2D eigenvalue weighted by Crippen LogP contribution is 2.19. The molecule has 0 aromatic rings. The monoisotopic (exact) mass is 283 g/mol. The van der Waals surface area contributed by atoms with Gasteiger partial charge in [-0.15, -0.1) is 0 Å². The van der Waals surface area contributed by atoms with Crippen LogP contribution in [0.5, 0.6) is 0 Å². The highest BCUT2D eigenvalue weighted by molar-refractivity contribution is 8.76. The van der Waals surface area contributed by atoms with E-state index in [-0.39, 0.29) is 5.91 Å². The lowest BCUT2D eigenvalue weighted by molar-refractivity contribution is -0.118. The molecule has 0 unspecified atom stereocenters. The molecule has 5 heteroatoms. The third kappa shape index (κ3) is 20.0. The van der Waals surface area contributed by atoms with Crippen LogP contribution in [0.4, 0.5) is 0 Å². The Bertz CT molecular complexity index is 141. The largest absolute Gasteiger partial charge is 0.356 e. The maximum absolute atomic E-state index is 10.8. The highest BCUT2D eigenvalue weighted by atomic mass is 33.1. The van der Waals surface area contributed by atoms with Crippen molar-refractivity contribution in [2.24, 2.45) is 0 Å². The third-order valence-electron chi connectivity index (χ3n) is 1.32. The summed E-state index contributed by atoms with van der Waals surface area (Å²) in [7, 11) is 3.32. The van der Waals surface area contributed by atoms with Gasteiger partial charge in [-0.3, -0.25) is 4.79 Å². The molecule has 0 radical (unpaired) electrons. The molecular formula is C11H25NOS3. The van der Waals surface area contributed by atoms with Gasteiger partial charge in [0.2, 0.25) is 5.91 Å². The molecule has 1 amide bonds. The second-order valence-corrected chi connectivity index (χ2v) is 6.96. The first-order valence-electron chi connectivity index (χ1n) is 5.81. The van der Waals surface area contributed by atoms with Crippen LogP contribution in [0, 0.1) is 0 Å². The van der Waals surface area contributed by atoms with E-state index in [0.29, 0.717) is 5.75 Å². The van der Waals surface area contributed by atoms with Crippen molar-refractivity contribution < 1.29 is 4.79 Å². The molecule has 0 aromatic carbocycles. The fourth-order valence-corrected chi connectivity index (χ4v) is 2.82. The molecule has 1 N–H and O–H groups in total. The minimum absolute atomic E-state index is 0.133. The normalized spacial score (nSPS) is 9.25. The summed E-state index contributed by atoms with van der Waals surface area (Å²) in [5, 5.41) is 2.73. The molecule has 0 aliphatic carbocycles. The zero-order valence-corrected chi connectivity index (χ0v) is 13.3. The van der Waals surface area contributed by atoms with Gasteiger partial charge < -0.3 is 5.32 Å². The molecule has 0 atom stereocenters. The number of carbonyl (C=O) groups excluding carboxylic acids is 1. The second kappa shape index (κ2) is 17.9. The molecule has 0 bridgehead atoms. The van der Waals surface area contributed by atoms with Crippen LogP contribution in [-0.2, 0) is 4.79 Å². The Labute approximate surface area is 113 Å². The van der Waals surface area contributed by atoms with Crippen LogP contribution < -0.4 is 5.32 Å². The standard InChI is InChI=1S/C6H13NOS2.C5H12S/c1-3-7-6(8)5-10-9-4-2;1-3-5-6-4-2/h3-5H2,1-2H3,(H,7,8);3-5H2,1-2H3. The molecule has 98 valence electrons. The minimum Gasteiger partial charge on any atom is -0.356 e. The van der Waals surface area contributed by atoms with Crippen molar-refractivity contribution in [1.29, 1.82) is 0 Å². The van der Waals surface area contributed by atoms with Gasteiger partial charge in [-0.1, -0.05) is 42.4 Å². The molecule has 0 saturated carbocycles. The fourth-order valence-electron chi connectivity index (χ4n) is 0.715. The van der Waals surface area contributed by atoms with Gasteiger partial charge in [0.15, 0.2) is 0 Å². The Kier molecular flexibility index (Phi) is 21.1. The maximum atomic E-state index is 10.8. The molecular weight excluding hydrogens is 258 g/mol. The highest BCUT2D eigenvalue weighted by Gasteiger charge is 1.97. The predicted molar refractivity (Wildman–Crippen MR) is 82.6 cm³/mol. The maximum Gasteiger partial charge on any atom is 0.230 e. The summed E-state index contributed by atoms with van der Waals surface area (Å²) in [6, 6.07) is 0. The molecule has 0 fully saturated rings. The average molecular weight is 284 g/mol. The van der Waals surface area contributed by atoms with Crippen LogP contribution in [0.25, 0.3) is 0 Å². The van der Waals surface area contributed by atoms with E-state index in [1.165, 1.54) is 17.9 Å². The Morgan fingerprint density at radius 2 is 1.75 bits per heavy atom. The van der Waals surface area contributed by atoms with Gasteiger partial charge in [0, 0.05) is 12.3 Å². The smallest absolute Gasteiger partial charge is 0.230 e. The van der Waals surface area contributed by atoms with E-state index >= 15 is 0 Å². The van der Waals surface area contributed by atoms with Crippen molar-refractivity contribution >= 4 is 39.3 Å². The Morgan fingerprint density at radius 1 is 1.06 bits per heavy atom. The van der Waals surface area contributed by atoms with Crippen molar-refractivity contribution in [3.63, 3.8) is 0 Å². The lowest BCUT2D eigenvalue weighted by Crippen LogP contribution is -2.24. The third-order valence-corrected chi connectivity index (χ3v) is 4.77. The Morgan fingerprint density at radius 3 is 2.12 bits per heavy atom. The molecule has 2 nitrogen and oxygen atoms in total. The molecule has 0 aliphatic rings. The van der Waals surface area contributed by atoms with E-state index in [1.54, 1.807) is 21.6 Å². The summed E-state index contributed by atoms with van der Waals surface area (Å²) in [6.07, 6.45) is 1.32. The van der Waals surface area contributed by atoms with Crippen LogP contribution in [-0.4, -0.2) is 35.5 Å². The summed E-state index contributed by atoms with van der Waals surface area (Å²) < 4.78 is 0. The first-order valence-corrected chi connectivity index (χ1v) is 9.45. The summed E-state index contributed by atoms with van der Waals surface area (Å²) in [6.45, 7) is 9.14. The zero-order valence-electron chi connectivity index (χ0n) is 10.9. The van der Waals surface area contributed by atoms with Gasteiger partial charge in [0.25, 0.3) is 0 Å². The van der Waals surface area contributed by atoms with Crippen LogP contribution in [0.1, 0.15) is 34.1 Å². The quantitative estimate of drug-likeness (QED) is 0.543. The topological polar surface area (TPSA) is 29.1 Å². The van der Waals surface area contributed by atoms with Gasteiger partial charge in [0.1, 0.15) is 0 Å². The minimum atomic E-state index is 0.133. The summed E-state index contributed by atoms with van der Waals surface area (Å²) in [4.78, 5) is 10.8. The average Bonchev–Trinajstić information content (AvgIpc) is 2.28. The van der Waals surface area contributed by atoms with Gasteiger partial charge in [-0.05, 0) is 24.9 Å². The summed E-state index contributed by atoms with van der Waals surface area (Å²) in [5.41, 5.74) is 0. The van der Waals surface area contributed by atoms with E-state index in [0.717, 1.165) is 12.3 Å².